The van der Waals surface area contributed by atoms with Crippen LogP contribution in [0, 0.1) is 50.2 Å². The number of aliphatic hydroxyl groups is 19. The number of hydrogen-bond donors (Lipinski definition) is 20. The Labute approximate surface area is 634 Å². The molecule has 0 aromatic rings. The van der Waals surface area contributed by atoms with Gasteiger partial charge in [-0.2, -0.15) is 0 Å². The van der Waals surface area contributed by atoms with Crippen LogP contribution in [0.4, 0.5) is 0 Å². The van der Waals surface area contributed by atoms with E-state index >= 15 is 4.79 Å². The molecule has 0 bridgehead atoms. The van der Waals surface area contributed by atoms with E-state index in [1.54, 1.807) is 0 Å². The highest BCUT2D eigenvalue weighted by Crippen LogP contribution is 2.76. The lowest BCUT2D eigenvalue weighted by Gasteiger charge is -2.72. The van der Waals surface area contributed by atoms with Gasteiger partial charge in [0.05, 0.1) is 64.6 Å². The number of rotatable bonds is 20. The van der Waals surface area contributed by atoms with E-state index in [0.717, 1.165) is 12.5 Å². The van der Waals surface area contributed by atoms with Gasteiger partial charge in [0.1, 0.15) is 146 Å². The van der Waals surface area contributed by atoms with Crippen molar-refractivity contribution in [2.24, 2.45) is 50.2 Å². The fraction of sp³-hybridized carbons (Fsp3) is 0.931. The van der Waals surface area contributed by atoms with Crippen LogP contribution in [0.1, 0.15) is 114 Å². The molecule has 0 aromatic carbocycles. The summed E-state index contributed by atoms with van der Waals surface area (Å²) in [5.41, 5.74) is -7.30. The van der Waals surface area contributed by atoms with Gasteiger partial charge in [-0.25, -0.2) is 0 Å². The van der Waals surface area contributed by atoms with Crippen LogP contribution in [0.5, 0.6) is 0 Å². The van der Waals surface area contributed by atoms with Crippen molar-refractivity contribution >= 4 is 17.8 Å². The SMILES string of the molecule is CC(=O)NC1C(O[C@H]2CC[C@@]3(C)C(CC[C@]4(C)C3CC=C3C5CC(C)(C)CC[C@]5(C(=O)OC5OC(CO)C(O)C(O)C5OC5OCC(O)C(OC6OCC(O)(CO)C6O)C5O)[C@H](O)[C@H](O)[C@]34C)C2(C)C)OC(COC2OC(COC(C)=O)C(O)C(OC3OCC(O)C(O)C3O)C2O)C(O)C1OC1OCC(O)C(O)C1O. The molecule has 7 heterocycles. The highest BCUT2D eigenvalue weighted by atomic mass is 16.8. The van der Waals surface area contributed by atoms with Gasteiger partial charge in [-0.15, -0.1) is 0 Å². The molecule has 0 spiro atoms. The Bertz CT molecular complexity index is 3230. The summed E-state index contributed by atoms with van der Waals surface area (Å²) in [4.78, 5) is 41.2. The third-order valence-corrected chi connectivity index (χ3v) is 27.1. The maximum absolute atomic E-state index is 15.8. The number of nitrogens with one attached hydrogen (secondary N) is 1. The molecule has 110 heavy (non-hydrogen) atoms. The highest BCUT2D eigenvalue weighted by Gasteiger charge is 2.75. The van der Waals surface area contributed by atoms with Gasteiger partial charge in [-0.3, -0.25) is 14.4 Å². The molecule has 0 aromatic heterocycles. The lowest BCUT2D eigenvalue weighted by Crippen LogP contribution is -2.73. The molecule has 33 unspecified atom stereocenters. The largest absolute Gasteiger partial charge is 0.463 e. The highest BCUT2D eigenvalue weighted by molar-refractivity contribution is 5.80. The quantitative estimate of drug-likeness (QED) is 0.0306. The molecule has 5 aliphatic carbocycles. The Morgan fingerprint density at radius 3 is 1.69 bits per heavy atom. The molecule has 7 aliphatic heterocycles. The van der Waals surface area contributed by atoms with Gasteiger partial charge < -0.3 is 173 Å². The number of aliphatic hydroxyl groups excluding tert-OH is 18. The molecule has 0 radical (unpaired) electrons. The lowest BCUT2D eigenvalue weighted by molar-refractivity contribution is -0.363. The van der Waals surface area contributed by atoms with Gasteiger partial charge in [0.2, 0.25) is 12.2 Å². The summed E-state index contributed by atoms with van der Waals surface area (Å²) in [6, 6.07) is -1.45. The standard InChI is InChI=1S/C72H115NO37/c1-27(76)73-40-52(107-59-47(87)41(81)31(78)20-97-59)44(84)36(24-100-61-50(90)53(45(85)35(104-61)23-96-28(2)77)108-60-48(88)42(82)32(79)21-98-60)103-58(40)105-39-13-14-68(7)37(67(39,5)6)12-15-69(8)38(68)11-10-29-30-18-66(3,4)16-17-72(30,56(92)55(91)70(29,69)9)65(94)110-63-54(46(86)43(83)34(19-74)102-63)109-62-49(89)51(33(80)22-99-62)106-64-57(93)71(95,25-75)26-101-64/h10,30-64,74-75,78-93,95H,11-26H2,1-9H3,(H,73,76)/t30?,31?,32?,33?,34?,35?,36?,37?,38?,39-,40?,41?,42?,43?,44?,45?,46?,47?,48?,49?,50?,51?,52?,53?,54?,55-,56+,57?,58?,59?,60?,61?,62?,63?,64?,68-,69+,70-,71?,72+/m0/s1. The van der Waals surface area contributed by atoms with E-state index in [-0.39, 0.29) is 18.3 Å². The first-order valence-electron chi connectivity index (χ1n) is 38.0. The number of fused-ring (bicyclic) bond motifs is 7. The lowest BCUT2D eigenvalue weighted by atomic mass is 9.32. The zero-order valence-electron chi connectivity index (χ0n) is 62.9. The third kappa shape index (κ3) is 15.2. The third-order valence-electron chi connectivity index (χ3n) is 27.1. The Morgan fingerprint density at radius 1 is 0.518 bits per heavy atom. The summed E-state index contributed by atoms with van der Waals surface area (Å²) in [7, 11) is 0. The van der Waals surface area contributed by atoms with Crippen molar-refractivity contribution in [2.45, 2.75) is 316 Å². The molecule has 7 saturated heterocycles. The maximum Gasteiger partial charge on any atom is 0.317 e. The Hall–Kier alpha value is -3.13. The van der Waals surface area contributed by atoms with Crippen molar-refractivity contribution < 1.29 is 182 Å². The van der Waals surface area contributed by atoms with Crippen LogP contribution >= 0.6 is 0 Å². The molecule has 20 N–H and O–H groups in total. The summed E-state index contributed by atoms with van der Waals surface area (Å²) in [5.74, 6) is -3.78. The first-order valence-corrected chi connectivity index (χ1v) is 38.0. The van der Waals surface area contributed by atoms with E-state index in [4.69, 9.17) is 71.1 Å². The predicted molar refractivity (Wildman–Crippen MR) is 361 cm³/mol. The van der Waals surface area contributed by atoms with Crippen molar-refractivity contribution in [3.05, 3.63) is 11.6 Å². The first-order chi connectivity index (χ1) is 51.5. The summed E-state index contributed by atoms with van der Waals surface area (Å²) in [5, 5.41) is 216. The van der Waals surface area contributed by atoms with Gasteiger partial charge in [0.25, 0.3) is 0 Å². The van der Waals surface area contributed by atoms with Crippen molar-refractivity contribution in [1.29, 1.82) is 0 Å². The minimum Gasteiger partial charge on any atom is -0.463 e. The average Bonchev–Trinajstić information content (AvgIpc) is 0.697. The Morgan fingerprint density at radius 2 is 1.08 bits per heavy atom. The molecule has 40 atom stereocenters. The van der Waals surface area contributed by atoms with E-state index in [1.807, 2.05) is 34.6 Å². The second-order valence-corrected chi connectivity index (χ2v) is 34.6. The fourth-order valence-corrected chi connectivity index (χ4v) is 20.5. The number of amides is 1. The van der Waals surface area contributed by atoms with Gasteiger partial charge in [0, 0.05) is 19.3 Å². The summed E-state index contributed by atoms with van der Waals surface area (Å²) >= 11 is 0. The molecular weight excluding hydrogens is 1470 g/mol. The van der Waals surface area contributed by atoms with Crippen LogP contribution in [-0.2, 0) is 85.4 Å². The smallest absolute Gasteiger partial charge is 0.317 e. The van der Waals surface area contributed by atoms with Crippen LogP contribution in [0.15, 0.2) is 11.6 Å². The van der Waals surface area contributed by atoms with Gasteiger partial charge in [-0.05, 0) is 90.8 Å². The molecule has 38 nitrogen and oxygen atoms in total. The topological polar surface area (TPSA) is 586 Å². The zero-order chi connectivity index (χ0) is 80.4. The number of hydrogen-bond acceptors (Lipinski definition) is 37. The van der Waals surface area contributed by atoms with Crippen molar-refractivity contribution in [3.63, 3.8) is 0 Å². The summed E-state index contributed by atoms with van der Waals surface area (Å²) in [6.45, 7) is 11.2. The molecule has 11 fully saturated rings. The van der Waals surface area contributed by atoms with E-state index in [2.05, 4.69) is 25.2 Å². The van der Waals surface area contributed by atoms with Crippen LogP contribution in [0.2, 0.25) is 0 Å². The minimum absolute atomic E-state index is 0.0298. The monoisotopic (exact) mass is 1590 g/mol. The first kappa shape index (κ1) is 86.2. The van der Waals surface area contributed by atoms with Crippen molar-refractivity contribution in [3.8, 4) is 0 Å². The molecule has 12 aliphatic rings. The Balaban J connectivity index is 0.803. The maximum atomic E-state index is 15.8. The molecule has 1 amide bonds. The van der Waals surface area contributed by atoms with Crippen LogP contribution in [0.3, 0.4) is 0 Å². The van der Waals surface area contributed by atoms with Crippen LogP contribution < -0.4 is 5.32 Å². The molecular formula is C72H115NO37. The average molecular weight is 1590 g/mol. The molecule has 630 valence electrons. The van der Waals surface area contributed by atoms with Gasteiger partial charge in [-0.1, -0.05) is 60.1 Å². The van der Waals surface area contributed by atoms with Gasteiger partial charge in [0.15, 0.2) is 43.8 Å². The van der Waals surface area contributed by atoms with Crippen LogP contribution in [0.25, 0.3) is 0 Å². The van der Waals surface area contributed by atoms with Crippen molar-refractivity contribution in [1.82, 2.24) is 5.32 Å². The van der Waals surface area contributed by atoms with E-state index in [1.165, 1.54) is 6.92 Å². The zero-order valence-corrected chi connectivity index (χ0v) is 62.9. The van der Waals surface area contributed by atoms with Crippen LogP contribution in [-0.4, -0.2) is 370 Å². The Kier molecular flexibility index (Phi) is 25.6. The molecule has 38 heteroatoms. The van der Waals surface area contributed by atoms with Crippen molar-refractivity contribution in [2.75, 3.05) is 52.9 Å². The van der Waals surface area contributed by atoms with E-state index < -0.39 is 311 Å². The normalized spacial score (nSPS) is 52.1. The minimum atomic E-state index is -2.15. The second kappa shape index (κ2) is 32.6. The molecule has 12 rings (SSSR count). The number of allylic oxidation sites excluding steroid dienone is 1. The predicted octanol–water partition coefficient (Wildman–Crippen LogP) is -7.35. The van der Waals surface area contributed by atoms with E-state index in [9.17, 15) is 107 Å². The molecule has 4 saturated carbocycles. The fourth-order valence-electron chi connectivity index (χ4n) is 20.5. The summed E-state index contributed by atoms with van der Waals surface area (Å²) in [6.07, 6.45) is -49.1. The van der Waals surface area contributed by atoms with Gasteiger partial charge >= 0.3 is 11.9 Å². The number of carbonyl (C=O) groups is 3. The number of ether oxygens (including phenoxy) is 15. The second-order valence-electron chi connectivity index (χ2n) is 34.6. The summed E-state index contributed by atoms with van der Waals surface area (Å²) < 4.78 is 89.3. The number of carbonyl (C=O) groups excluding carboxylic acids is 3. The number of esters is 2. The van der Waals surface area contributed by atoms with E-state index in [0.29, 0.717) is 44.9 Å².